The van der Waals surface area contributed by atoms with Crippen molar-refractivity contribution < 1.29 is 9.53 Å². The van der Waals surface area contributed by atoms with Crippen LogP contribution in [0, 0.1) is 0 Å². The fourth-order valence-electron chi connectivity index (χ4n) is 1.43. The molecular weight excluding hydrogens is 170 g/mol. The van der Waals surface area contributed by atoms with Crippen LogP contribution in [0.4, 0.5) is 4.79 Å². The minimum atomic E-state index is -0.0502. The minimum absolute atomic E-state index is 0.0502. The quantitative estimate of drug-likeness (QED) is 0.349. The fourth-order valence-corrected chi connectivity index (χ4v) is 1.43. The molecule has 0 aromatic rings. The van der Waals surface area contributed by atoms with E-state index in [0.717, 1.165) is 12.8 Å². The summed E-state index contributed by atoms with van der Waals surface area (Å²) in [6.45, 7) is 2.59. The van der Waals surface area contributed by atoms with Gasteiger partial charge in [-0.25, -0.2) is 10.6 Å². The number of rotatable bonds is 1. The van der Waals surface area contributed by atoms with Gasteiger partial charge in [0, 0.05) is 13.1 Å². The first-order valence-corrected chi connectivity index (χ1v) is 4.69. The molecule has 0 spiro atoms. The molecule has 1 saturated heterocycles. The summed E-state index contributed by atoms with van der Waals surface area (Å²) in [4.78, 5) is 13.4. The van der Waals surface area contributed by atoms with Gasteiger partial charge in [-0.15, -0.1) is 0 Å². The Morgan fingerprint density at radius 3 is 2.54 bits per heavy atom. The van der Waals surface area contributed by atoms with Crippen LogP contribution in [0.5, 0.6) is 0 Å². The molecule has 0 unspecified atom stereocenters. The number of amides is 2. The second-order valence-electron chi connectivity index (χ2n) is 3.52. The molecule has 2 amide bonds. The number of nitrogens with two attached hydrogens (primary N) is 1. The van der Waals surface area contributed by atoms with Crippen molar-refractivity contribution in [1.82, 2.24) is 9.91 Å². The fraction of sp³-hybridized carbons (Fsp3) is 0.875. The van der Waals surface area contributed by atoms with Crippen molar-refractivity contribution in [1.29, 1.82) is 0 Å². The standard InChI is InChI=1S/C8H15N3O2/c9-11(7-1-2-7)8(12)10-3-5-13-6-4-10/h7H,1-6,9H2. The molecule has 1 saturated carbocycles. The van der Waals surface area contributed by atoms with E-state index in [1.54, 1.807) is 4.90 Å². The van der Waals surface area contributed by atoms with Gasteiger partial charge >= 0.3 is 6.03 Å². The van der Waals surface area contributed by atoms with E-state index in [1.807, 2.05) is 0 Å². The lowest BCUT2D eigenvalue weighted by Gasteiger charge is -2.30. The van der Waals surface area contributed by atoms with Crippen LogP contribution in [0.3, 0.4) is 0 Å². The van der Waals surface area contributed by atoms with Crippen molar-refractivity contribution in [3.63, 3.8) is 0 Å². The zero-order valence-electron chi connectivity index (χ0n) is 7.61. The van der Waals surface area contributed by atoms with Crippen molar-refractivity contribution in [3.05, 3.63) is 0 Å². The third-order valence-corrected chi connectivity index (χ3v) is 2.44. The highest BCUT2D eigenvalue weighted by atomic mass is 16.5. The van der Waals surface area contributed by atoms with E-state index in [9.17, 15) is 4.79 Å². The first-order chi connectivity index (χ1) is 6.29. The molecule has 5 heteroatoms. The molecule has 0 aromatic heterocycles. The Morgan fingerprint density at radius 1 is 1.38 bits per heavy atom. The van der Waals surface area contributed by atoms with Crippen molar-refractivity contribution in [3.8, 4) is 0 Å². The van der Waals surface area contributed by atoms with Crippen LogP contribution in [-0.2, 0) is 4.74 Å². The summed E-state index contributed by atoms with van der Waals surface area (Å²) in [6.07, 6.45) is 2.10. The Balaban J connectivity index is 1.86. The van der Waals surface area contributed by atoms with Gasteiger partial charge in [-0.3, -0.25) is 5.01 Å². The Labute approximate surface area is 77.4 Å². The van der Waals surface area contributed by atoms with Crippen molar-refractivity contribution in [2.45, 2.75) is 18.9 Å². The molecule has 0 bridgehead atoms. The van der Waals surface area contributed by atoms with E-state index >= 15 is 0 Å². The van der Waals surface area contributed by atoms with Crippen LogP contribution in [0.15, 0.2) is 0 Å². The summed E-state index contributed by atoms with van der Waals surface area (Å²) in [5.74, 6) is 5.65. The van der Waals surface area contributed by atoms with Crippen LogP contribution in [0.1, 0.15) is 12.8 Å². The molecule has 5 nitrogen and oxygen atoms in total. The van der Waals surface area contributed by atoms with E-state index in [1.165, 1.54) is 5.01 Å². The molecule has 1 aliphatic carbocycles. The van der Waals surface area contributed by atoms with Gasteiger partial charge in [0.05, 0.1) is 19.3 Å². The largest absolute Gasteiger partial charge is 0.378 e. The number of morpholine rings is 1. The predicted molar refractivity (Wildman–Crippen MR) is 46.8 cm³/mol. The van der Waals surface area contributed by atoms with E-state index in [0.29, 0.717) is 26.3 Å². The van der Waals surface area contributed by atoms with Crippen LogP contribution in [-0.4, -0.2) is 48.3 Å². The molecule has 1 heterocycles. The van der Waals surface area contributed by atoms with Crippen molar-refractivity contribution >= 4 is 6.03 Å². The monoisotopic (exact) mass is 185 g/mol. The molecule has 2 N–H and O–H groups in total. The summed E-state index contributed by atoms with van der Waals surface area (Å²) in [7, 11) is 0. The zero-order chi connectivity index (χ0) is 9.26. The molecule has 2 rings (SSSR count). The highest BCUT2D eigenvalue weighted by Crippen LogP contribution is 2.25. The van der Waals surface area contributed by atoms with Crippen molar-refractivity contribution in [2.24, 2.45) is 5.84 Å². The lowest BCUT2D eigenvalue weighted by atomic mass is 10.4. The van der Waals surface area contributed by atoms with Gasteiger partial charge in [-0.1, -0.05) is 0 Å². The Hall–Kier alpha value is -0.810. The smallest absolute Gasteiger partial charge is 0.334 e. The van der Waals surface area contributed by atoms with Crippen LogP contribution in [0.25, 0.3) is 0 Å². The summed E-state index contributed by atoms with van der Waals surface area (Å²) in [5.41, 5.74) is 0. The second kappa shape index (κ2) is 3.51. The lowest BCUT2D eigenvalue weighted by molar-refractivity contribution is 0.0425. The Bertz CT molecular complexity index is 200. The third kappa shape index (κ3) is 1.92. The van der Waals surface area contributed by atoms with E-state index in [4.69, 9.17) is 10.6 Å². The number of carbonyl (C=O) groups excluding carboxylic acids is 1. The van der Waals surface area contributed by atoms with Crippen molar-refractivity contribution in [2.75, 3.05) is 26.3 Å². The molecule has 0 aromatic carbocycles. The first-order valence-electron chi connectivity index (χ1n) is 4.69. The van der Waals surface area contributed by atoms with Crippen LogP contribution in [0.2, 0.25) is 0 Å². The summed E-state index contributed by atoms with van der Waals surface area (Å²) in [5, 5.41) is 1.37. The number of nitrogens with zero attached hydrogens (tertiary/aromatic N) is 2. The maximum absolute atomic E-state index is 11.7. The van der Waals surface area contributed by atoms with Gasteiger partial charge in [0.25, 0.3) is 0 Å². The number of urea groups is 1. The Morgan fingerprint density at radius 2 is 2.00 bits per heavy atom. The van der Waals surface area contributed by atoms with Gasteiger partial charge in [0.15, 0.2) is 0 Å². The molecule has 1 aliphatic heterocycles. The molecule has 2 aliphatic rings. The topological polar surface area (TPSA) is 58.8 Å². The number of ether oxygens (including phenoxy) is 1. The number of hydrogen-bond acceptors (Lipinski definition) is 3. The maximum atomic E-state index is 11.7. The van der Waals surface area contributed by atoms with Gasteiger partial charge in [-0.2, -0.15) is 0 Å². The summed E-state index contributed by atoms with van der Waals surface area (Å²) >= 11 is 0. The average Bonchev–Trinajstić information content (AvgIpc) is 3.00. The highest BCUT2D eigenvalue weighted by Gasteiger charge is 2.33. The maximum Gasteiger partial charge on any atom is 0.334 e. The number of hydrogen-bond donors (Lipinski definition) is 1. The van der Waals surface area contributed by atoms with E-state index < -0.39 is 0 Å². The van der Waals surface area contributed by atoms with Gasteiger partial charge < -0.3 is 9.64 Å². The van der Waals surface area contributed by atoms with Gasteiger partial charge in [0.1, 0.15) is 0 Å². The highest BCUT2D eigenvalue weighted by molar-refractivity contribution is 5.74. The van der Waals surface area contributed by atoms with E-state index in [-0.39, 0.29) is 12.1 Å². The SMILES string of the molecule is NN(C(=O)N1CCOCC1)C1CC1. The number of hydrazine groups is 1. The molecule has 0 radical (unpaired) electrons. The predicted octanol–water partition coefficient (Wildman–Crippen LogP) is -0.223. The molecule has 74 valence electrons. The van der Waals surface area contributed by atoms with E-state index in [2.05, 4.69) is 0 Å². The van der Waals surface area contributed by atoms with Crippen LogP contribution >= 0.6 is 0 Å². The van der Waals surface area contributed by atoms with Gasteiger partial charge in [-0.05, 0) is 12.8 Å². The lowest BCUT2D eigenvalue weighted by Crippen LogP contribution is -2.51. The normalized spacial score (nSPS) is 23.0. The first kappa shape index (κ1) is 8.77. The molecule has 13 heavy (non-hydrogen) atoms. The Kier molecular flexibility index (Phi) is 2.37. The summed E-state index contributed by atoms with van der Waals surface area (Å²) in [6, 6.07) is 0.237. The summed E-state index contributed by atoms with van der Waals surface area (Å²) < 4.78 is 5.15. The molecule has 0 atom stereocenters. The minimum Gasteiger partial charge on any atom is -0.378 e. The average molecular weight is 185 g/mol. The second-order valence-corrected chi connectivity index (χ2v) is 3.52. The van der Waals surface area contributed by atoms with Gasteiger partial charge in [0.2, 0.25) is 0 Å². The third-order valence-electron chi connectivity index (χ3n) is 2.44. The number of carbonyl (C=O) groups is 1. The molecular formula is C8H15N3O2. The molecule has 2 fully saturated rings. The van der Waals surface area contributed by atoms with Crippen LogP contribution < -0.4 is 5.84 Å². The zero-order valence-corrected chi connectivity index (χ0v) is 7.61.